The number of anilines is 1. The van der Waals surface area contributed by atoms with Gasteiger partial charge in [-0.25, -0.2) is 0 Å². The third kappa shape index (κ3) is 4.71. The highest BCUT2D eigenvalue weighted by Gasteiger charge is 2.25. The fraction of sp³-hybridized carbons (Fsp3) is 0.450. The molecular formula is C20H25ClN2O2S. The van der Waals surface area contributed by atoms with Crippen LogP contribution in [0.4, 0.5) is 5.69 Å². The van der Waals surface area contributed by atoms with E-state index in [2.05, 4.69) is 10.2 Å². The standard InChI is InChI=1S/C20H25ClN2O2S/c1-14-8-10-17(25-14)13-23(16-6-4-3-5-7-16)20(26)22-18-11-9-15(21)12-19(18)24-2/h8-12,16H,3-7,13H2,1-2H3,(H,22,26). The van der Waals surface area contributed by atoms with E-state index in [4.69, 9.17) is 33.0 Å². The van der Waals surface area contributed by atoms with Crippen molar-refractivity contribution in [2.75, 3.05) is 12.4 Å². The Kier molecular flexibility index (Phi) is 6.43. The molecule has 26 heavy (non-hydrogen) atoms. The second kappa shape index (κ2) is 8.78. The first-order valence-electron chi connectivity index (χ1n) is 9.03. The molecule has 1 N–H and O–H groups in total. The molecule has 1 heterocycles. The monoisotopic (exact) mass is 392 g/mol. The van der Waals surface area contributed by atoms with Crippen molar-refractivity contribution in [3.8, 4) is 5.75 Å². The molecule has 0 radical (unpaired) electrons. The first kappa shape index (κ1) is 19.1. The van der Waals surface area contributed by atoms with Crippen molar-refractivity contribution < 1.29 is 9.15 Å². The van der Waals surface area contributed by atoms with Crippen LogP contribution < -0.4 is 10.1 Å². The average Bonchev–Trinajstić information content (AvgIpc) is 3.06. The number of ether oxygens (including phenoxy) is 1. The molecule has 0 bridgehead atoms. The van der Waals surface area contributed by atoms with Gasteiger partial charge in [0, 0.05) is 17.1 Å². The number of furan rings is 1. The number of methoxy groups -OCH3 is 1. The molecule has 6 heteroatoms. The second-order valence-corrected chi connectivity index (χ2v) is 7.53. The second-order valence-electron chi connectivity index (χ2n) is 6.71. The van der Waals surface area contributed by atoms with Gasteiger partial charge in [0.15, 0.2) is 5.11 Å². The van der Waals surface area contributed by atoms with Crippen molar-refractivity contribution in [2.24, 2.45) is 0 Å². The first-order valence-corrected chi connectivity index (χ1v) is 9.82. The van der Waals surface area contributed by atoms with Crippen LogP contribution in [0.2, 0.25) is 5.02 Å². The number of nitrogens with one attached hydrogen (secondary N) is 1. The zero-order valence-corrected chi connectivity index (χ0v) is 16.8. The molecule has 1 aromatic heterocycles. The Balaban J connectivity index is 1.79. The topological polar surface area (TPSA) is 37.6 Å². The minimum absolute atomic E-state index is 0.424. The number of rotatable bonds is 5. The first-order chi connectivity index (χ1) is 12.6. The summed E-state index contributed by atoms with van der Waals surface area (Å²) in [6, 6.07) is 9.95. The number of hydrogen-bond donors (Lipinski definition) is 1. The Morgan fingerprint density at radius 3 is 2.69 bits per heavy atom. The summed E-state index contributed by atoms with van der Waals surface area (Å²) in [6.07, 6.45) is 6.09. The predicted octanol–water partition coefficient (Wildman–Crippen LogP) is 5.78. The van der Waals surface area contributed by atoms with Crippen LogP contribution in [0.15, 0.2) is 34.7 Å². The van der Waals surface area contributed by atoms with Crippen LogP contribution in [0.5, 0.6) is 5.75 Å². The maximum Gasteiger partial charge on any atom is 0.174 e. The molecule has 1 fully saturated rings. The lowest BCUT2D eigenvalue weighted by atomic mass is 9.94. The number of nitrogens with zero attached hydrogens (tertiary/aromatic N) is 1. The van der Waals surface area contributed by atoms with E-state index in [0.717, 1.165) is 30.0 Å². The molecule has 140 valence electrons. The van der Waals surface area contributed by atoms with Crippen LogP contribution >= 0.6 is 23.8 Å². The molecule has 4 nitrogen and oxygen atoms in total. The van der Waals surface area contributed by atoms with Gasteiger partial charge in [0.2, 0.25) is 0 Å². The maximum absolute atomic E-state index is 6.06. The van der Waals surface area contributed by atoms with E-state index in [9.17, 15) is 0 Å². The van der Waals surface area contributed by atoms with Crippen molar-refractivity contribution in [3.05, 3.63) is 46.9 Å². The van der Waals surface area contributed by atoms with Crippen molar-refractivity contribution in [3.63, 3.8) is 0 Å². The molecule has 2 aromatic rings. The minimum atomic E-state index is 0.424. The maximum atomic E-state index is 6.06. The Bertz CT molecular complexity index is 756. The number of benzene rings is 1. The van der Waals surface area contributed by atoms with E-state index in [1.54, 1.807) is 13.2 Å². The molecule has 1 aromatic carbocycles. The smallest absolute Gasteiger partial charge is 0.174 e. The van der Waals surface area contributed by atoms with Crippen LogP contribution in [-0.2, 0) is 6.54 Å². The number of hydrogen-bond acceptors (Lipinski definition) is 3. The molecule has 0 aliphatic heterocycles. The number of halogens is 1. The molecule has 1 aliphatic carbocycles. The van der Waals surface area contributed by atoms with E-state index >= 15 is 0 Å². The largest absolute Gasteiger partial charge is 0.495 e. The SMILES string of the molecule is COc1cc(Cl)ccc1NC(=S)N(Cc1ccc(C)o1)C1CCCCC1. The Labute approximate surface area is 165 Å². The van der Waals surface area contributed by atoms with E-state index in [-0.39, 0.29) is 0 Å². The molecule has 1 saturated carbocycles. The highest BCUT2D eigenvalue weighted by molar-refractivity contribution is 7.80. The zero-order chi connectivity index (χ0) is 18.5. The third-order valence-corrected chi connectivity index (χ3v) is 5.38. The van der Waals surface area contributed by atoms with Gasteiger partial charge in [0.05, 0.1) is 19.3 Å². The molecule has 0 atom stereocenters. The van der Waals surface area contributed by atoms with Gasteiger partial charge in [0.1, 0.15) is 17.3 Å². The fourth-order valence-corrected chi connectivity index (χ4v) is 3.94. The van der Waals surface area contributed by atoms with Crippen molar-refractivity contribution in [2.45, 2.75) is 51.6 Å². The van der Waals surface area contributed by atoms with Gasteiger partial charge < -0.3 is 19.4 Å². The van der Waals surface area contributed by atoms with Gasteiger partial charge in [-0.3, -0.25) is 0 Å². The zero-order valence-electron chi connectivity index (χ0n) is 15.3. The lowest BCUT2D eigenvalue weighted by Gasteiger charge is -2.36. The minimum Gasteiger partial charge on any atom is -0.495 e. The van der Waals surface area contributed by atoms with Crippen LogP contribution in [0.3, 0.4) is 0 Å². The highest BCUT2D eigenvalue weighted by Crippen LogP contribution is 2.30. The summed E-state index contributed by atoms with van der Waals surface area (Å²) in [7, 11) is 1.63. The van der Waals surface area contributed by atoms with Gasteiger partial charge in [-0.15, -0.1) is 0 Å². The summed E-state index contributed by atoms with van der Waals surface area (Å²) in [6.45, 7) is 2.63. The predicted molar refractivity (Wildman–Crippen MR) is 110 cm³/mol. The van der Waals surface area contributed by atoms with Crippen LogP contribution in [-0.4, -0.2) is 23.2 Å². The van der Waals surface area contributed by atoms with Gasteiger partial charge in [-0.05, 0) is 56.2 Å². The van der Waals surface area contributed by atoms with Crippen LogP contribution in [0.1, 0.15) is 43.6 Å². The normalized spacial score (nSPS) is 14.9. The van der Waals surface area contributed by atoms with Crippen LogP contribution in [0.25, 0.3) is 0 Å². The van der Waals surface area contributed by atoms with Crippen LogP contribution in [0, 0.1) is 6.92 Å². The van der Waals surface area contributed by atoms with Gasteiger partial charge in [-0.1, -0.05) is 30.9 Å². The van der Waals surface area contributed by atoms with E-state index in [0.29, 0.717) is 28.5 Å². The Morgan fingerprint density at radius 2 is 2.04 bits per heavy atom. The highest BCUT2D eigenvalue weighted by atomic mass is 35.5. The van der Waals surface area contributed by atoms with Gasteiger partial charge in [0.25, 0.3) is 0 Å². The molecule has 0 saturated heterocycles. The molecular weight excluding hydrogens is 368 g/mol. The van der Waals surface area contributed by atoms with Crippen molar-refractivity contribution in [1.29, 1.82) is 0 Å². The number of thiocarbonyl (C=S) groups is 1. The molecule has 3 rings (SSSR count). The average molecular weight is 393 g/mol. The summed E-state index contributed by atoms with van der Waals surface area (Å²) in [5, 5.41) is 4.66. The summed E-state index contributed by atoms with van der Waals surface area (Å²) in [5.41, 5.74) is 0.818. The lowest BCUT2D eigenvalue weighted by molar-refractivity contribution is 0.226. The summed E-state index contributed by atoms with van der Waals surface area (Å²) >= 11 is 11.8. The van der Waals surface area contributed by atoms with E-state index < -0.39 is 0 Å². The Morgan fingerprint density at radius 1 is 1.27 bits per heavy atom. The fourth-order valence-electron chi connectivity index (χ4n) is 3.45. The third-order valence-electron chi connectivity index (χ3n) is 4.80. The summed E-state index contributed by atoms with van der Waals surface area (Å²) < 4.78 is 11.2. The Hall–Kier alpha value is -1.72. The molecule has 1 aliphatic rings. The summed E-state index contributed by atoms with van der Waals surface area (Å²) in [4.78, 5) is 2.25. The molecule has 0 spiro atoms. The van der Waals surface area contributed by atoms with E-state index in [1.807, 2.05) is 31.2 Å². The molecule has 0 unspecified atom stereocenters. The quantitative estimate of drug-likeness (QED) is 0.652. The lowest BCUT2D eigenvalue weighted by Crippen LogP contribution is -2.43. The van der Waals surface area contributed by atoms with Crippen molar-refractivity contribution >= 4 is 34.6 Å². The van der Waals surface area contributed by atoms with Gasteiger partial charge in [-0.2, -0.15) is 0 Å². The van der Waals surface area contributed by atoms with E-state index in [1.165, 1.54) is 19.3 Å². The van der Waals surface area contributed by atoms with Gasteiger partial charge >= 0.3 is 0 Å². The summed E-state index contributed by atoms with van der Waals surface area (Å²) in [5.74, 6) is 2.53. The molecule has 0 amide bonds. The number of aryl methyl sites for hydroxylation is 1. The van der Waals surface area contributed by atoms with Crippen molar-refractivity contribution in [1.82, 2.24) is 4.90 Å².